The second-order valence-electron chi connectivity index (χ2n) is 3.79. The number of halogens is 2. The van der Waals surface area contributed by atoms with E-state index in [0.717, 1.165) is 17.6 Å². The summed E-state index contributed by atoms with van der Waals surface area (Å²) < 4.78 is 32.0. The van der Waals surface area contributed by atoms with E-state index in [1.54, 1.807) is 11.8 Å². The Morgan fingerprint density at radius 3 is 2.88 bits per heavy atom. The molecule has 0 spiro atoms. The smallest absolute Gasteiger partial charge is 0.131 e. The van der Waals surface area contributed by atoms with Gasteiger partial charge in [0.1, 0.15) is 11.6 Å². The van der Waals surface area contributed by atoms with Gasteiger partial charge in [0.15, 0.2) is 0 Å². The van der Waals surface area contributed by atoms with Crippen LogP contribution in [0.3, 0.4) is 0 Å². The lowest BCUT2D eigenvalue weighted by molar-refractivity contribution is 0.0458. The molecule has 94 valence electrons. The Balaban J connectivity index is 2.21. The molecule has 2 atom stereocenters. The minimum atomic E-state index is -0.605. The van der Waals surface area contributed by atoms with Crippen LogP contribution >= 0.6 is 11.8 Å². The van der Waals surface area contributed by atoms with E-state index in [-0.39, 0.29) is 6.10 Å². The number of thioether (sulfide) groups is 1. The number of hydrogen-bond donors (Lipinski definition) is 2. The number of hydrazine groups is 1. The molecule has 1 fully saturated rings. The van der Waals surface area contributed by atoms with Crippen molar-refractivity contribution < 1.29 is 13.5 Å². The molecule has 1 aliphatic rings. The summed E-state index contributed by atoms with van der Waals surface area (Å²) in [4.78, 5) is 0. The lowest BCUT2D eigenvalue weighted by atomic mass is 10.0. The van der Waals surface area contributed by atoms with Crippen LogP contribution in [0.2, 0.25) is 0 Å². The van der Waals surface area contributed by atoms with E-state index in [1.165, 1.54) is 12.1 Å². The molecule has 1 aromatic carbocycles. The molecule has 1 saturated heterocycles. The lowest BCUT2D eigenvalue weighted by Crippen LogP contribution is -2.41. The van der Waals surface area contributed by atoms with Gasteiger partial charge in [-0.3, -0.25) is 11.3 Å². The molecule has 0 aliphatic carbocycles. The van der Waals surface area contributed by atoms with Gasteiger partial charge in [0, 0.05) is 23.1 Å². The zero-order valence-corrected chi connectivity index (χ0v) is 9.97. The summed E-state index contributed by atoms with van der Waals surface area (Å²) in [6, 6.07) is 3.02. The molecule has 1 aromatic rings. The Morgan fingerprint density at radius 1 is 1.47 bits per heavy atom. The predicted octanol–water partition coefficient (Wildman–Crippen LogP) is 1.60. The van der Waals surface area contributed by atoms with Gasteiger partial charge in [-0.1, -0.05) is 6.07 Å². The van der Waals surface area contributed by atoms with Gasteiger partial charge in [-0.15, -0.1) is 0 Å². The van der Waals surface area contributed by atoms with Crippen molar-refractivity contribution in [2.24, 2.45) is 5.84 Å². The highest BCUT2D eigenvalue weighted by Crippen LogP contribution is 2.27. The third-order valence-electron chi connectivity index (χ3n) is 2.69. The van der Waals surface area contributed by atoms with E-state index < -0.39 is 17.7 Å². The summed E-state index contributed by atoms with van der Waals surface area (Å²) in [6.45, 7) is 0.621. The van der Waals surface area contributed by atoms with Gasteiger partial charge in [-0.2, -0.15) is 11.8 Å². The Morgan fingerprint density at radius 2 is 2.29 bits per heavy atom. The molecule has 17 heavy (non-hydrogen) atoms. The Kier molecular flexibility index (Phi) is 4.33. The first-order chi connectivity index (χ1) is 8.22. The molecule has 1 aliphatic heterocycles. The van der Waals surface area contributed by atoms with E-state index in [2.05, 4.69) is 5.43 Å². The molecule has 6 heteroatoms. The van der Waals surface area contributed by atoms with Gasteiger partial charge in [-0.25, -0.2) is 8.78 Å². The highest BCUT2D eigenvalue weighted by Gasteiger charge is 2.27. The van der Waals surface area contributed by atoms with Crippen LogP contribution in [0.15, 0.2) is 18.2 Å². The van der Waals surface area contributed by atoms with Crippen molar-refractivity contribution in [3.8, 4) is 0 Å². The van der Waals surface area contributed by atoms with Crippen LogP contribution in [0.25, 0.3) is 0 Å². The van der Waals surface area contributed by atoms with Gasteiger partial charge >= 0.3 is 0 Å². The zero-order chi connectivity index (χ0) is 12.3. The van der Waals surface area contributed by atoms with E-state index in [0.29, 0.717) is 12.2 Å². The molecule has 0 radical (unpaired) electrons. The van der Waals surface area contributed by atoms with Crippen molar-refractivity contribution in [1.29, 1.82) is 0 Å². The lowest BCUT2D eigenvalue weighted by Gasteiger charge is -2.30. The Bertz CT molecular complexity index is 386. The topological polar surface area (TPSA) is 47.3 Å². The second kappa shape index (κ2) is 5.77. The number of rotatable bonds is 3. The van der Waals surface area contributed by atoms with E-state index in [4.69, 9.17) is 10.6 Å². The minimum Gasteiger partial charge on any atom is -0.374 e. The van der Waals surface area contributed by atoms with Gasteiger partial charge in [0.05, 0.1) is 18.8 Å². The fourth-order valence-electron chi connectivity index (χ4n) is 1.85. The van der Waals surface area contributed by atoms with Crippen LogP contribution in [0.4, 0.5) is 8.78 Å². The number of ether oxygens (including phenoxy) is 1. The number of benzene rings is 1. The monoisotopic (exact) mass is 260 g/mol. The quantitative estimate of drug-likeness (QED) is 0.640. The molecule has 0 bridgehead atoms. The van der Waals surface area contributed by atoms with Crippen LogP contribution in [-0.4, -0.2) is 24.2 Å². The maximum absolute atomic E-state index is 13.6. The molecule has 2 unspecified atom stereocenters. The van der Waals surface area contributed by atoms with Gasteiger partial charge in [0.25, 0.3) is 0 Å². The largest absolute Gasteiger partial charge is 0.374 e. The average molecular weight is 260 g/mol. The maximum Gasteiger partial charge on any atom is 0.131 e. The minimum absolute atomic E-state index is 0.196. The van der Waals surface area contributed by atoms with Gasteiger partial charge in [0.2, 0.25) is 0 Å². The first kappa shape index (κ1) is 12.8. The van der Waals surface area contributed by atoms with Crippen LogP contribution in [0.5, 0.6) is 0 Å². The summed E-state index contributed by atoms with van der Waals surface area (Å²) in [6.07, 6.45) is -0.196. The highest BCUT2D eigenvalue weighted by atomic mass is 32.2. The van der Waals surface area contributed by atoms with Crippen LogP contribution in [-0.2, 0) is 4.74 Å². The molecule has 3 N–H and O–H groups in total. The van der Waals surface area contributed by atoms with Crippen molar-refractivity contribution >= 4 is 11.8 Å². The van der Waals surface area contributed by atoms with E-state index in [9.17, 15) is 8.78 Å². The number of nitrogens with one attached hydrogen (secondary N) is 1. The van der Waals surface area contributed by atoms with Crippen LogP contribution in [0, 0.1) is 11.6 Å². The van der Waals surface area contributed by atoms with Crippen molar-refractivity contribution in [2.45, 2.75) is 12.1 Å². The van der Waals surface area contributed by atoms with Crippen LogP contribution < -0.4 is 11.3 Å². The number of hydrogen-bond acceptors (Lipinski definition) is 4. The Hall–Kier alpha value is -0.690. The third kappa shape index (κ3) is 2.95. The predicted molar refractivity (Wildman–Crippen MR) is 63.5 cm³/mol. The average Bonchev–Trinajstić information content (AvgIpc) is 2.34. The first-order valence-corrected chi connectivity index (χ1v) is 6.48. The third-order valence-corrected chi connectivity index (χ3v) is 3.71. The molecule has 0 amide bonds. The second-order valence-corrected chi connectivity index (χ2v) is 4.94. The fraction of sp³-hybridized carbons (Fsp3) is 0.455. The molecule has 0 aromatic heterocycles. The molecule has 0 saturated carbocycles. The summed E-state index contributed by atoms with van der Waals surface area (Å²) in [5.41, 5.74) is 2.88. The fourth-order valence-corrected chi connectivity index (χ4v) is 2.75. The summed E-state index contributed by atoms with van der Waals surface area (Å²) >= 11 is 1.73. The van der Waals surface area contributed by atoms with Gasteiger partial charge < -0.3 is 4.74 Å². The zero-order valence-electron chi connectivity index (χ0n) is 9.16. The van der Waals surface area contributed by atoms with Gasteiger partial charge in [-0.05, 0) is 6.07 Å². The van der Waals surface area contributed by atoms with Crippen LogP contribution in [0.1, 0.15) is 11.6 Å². The summed E-state index contributed by atoms with van der Waals surface area (Å²) in [7, 11) is 0. The van der Waals surface area contributed by atoms with E-state index in [1.807, 2.05) is 0 Å². The number of nitrogens with two attached hydrogens (primary N) is 1. The molecule has 3 nitrogen and oxygen atoms in total. The normalized spacial score (nSPS) is 22.4. The molecular weight excluding hydrogens is 246 g/mol. The summed E-state index contributed by atoms with van der Waals surface area (Å²) in [5.74, 6) is 5.91. The van der Waals surface area contributed by atoms with Crippen molar-refractivity contribution in [2.75, 3.05) is 18.1 Å². The maximum atomic E-state index is 13.6. The summed E-state index contributed by atoms with van der Waals surface area (Å²) in [5, 5.41) is 0. The van der Waals surface area contributed by atoms with E-state index >= 15 is 0 Å². The molecule has 2 rings (SSSR count). The Labute approximate surface area is 103 Å². The highest BCUT2D eigenvalue weighted by molar-refractivity contribution is 7.99. The van der Waals surface area contributed by atoms with Crippen molar-refractivity contribution in [3.63, 3.8) is 0 Å². The molecule has 1 heterocycles. The standard InChI is InChI=1S/C11H14F2N2OS/c12-7-1-2-8(9(13)5-7)11(15-14)10-6-17-4-3-16-10/h1-2,5,10-11,15H,3-4,6,14H2. The first-order valence-electron chi connectivity index (χ1n) is 5.33. The van der Waals surface area contributed by atoms with Crippen molar-refractivity contribution in [1.82, 2.24) is 5.43 Å². The molecular formula is C11H14F2N2OS. The van der Waals surface area contributed by atoms with Crippen molar-refractivity contribution in [3.05, 3.63) is 35.4 Å². The SMILES string of the molecule is NNC(c1ccc(F)cc1F)C1CSCCO1.